The number of rotatable bonds is 4. The molecule has 0 saturated carbocycles. The second-order valence-corrected chi connectivity index (χ2v) is 6.90. The zero-order valence-electron chi connectivity index (χ0n) is 14.1. The fourth-order valence-electron chi connectivity index (χ4n) is 3.34. The van der Waals surface area contributed by atoms with Crippen molar-refractivity contribution in [1.82, 2.24) is 4.90 Å². The topological polar surface area (TPSA) is 56.1 Å². The summed E-state index contributed by atoms with van der Waals surface area (Å²) >= 11 is 6.32. The minimum absolute atomic E-state index is 0.0686. The van der Waals surface area contributed by atoms with Gasteiger partial charge in [0.25, 0.3) is 0 Å². The molecule has 1 fully saturated rings. The SMILES string of the molecule is C[C@H]1C[C@@H](C(=O)Nc2ccc(Cl)c(-c3ccccc3)c2)N(CC#N)C1. The summed E-state index contributed by atoms with van der Waals surface area (Å²) < 4.78 is 0. The molecule has 1 aliphatic heterocycles. The van der Waals surface area contributed by atoms with Crippen molar-refractivity contribution in [1.29, 1.82) is 5.26 Å². The Morgan fingerprint density at radius 3 is 2.80 bits per heavy atom. The molecule has 2 atom stereocenters. The monoisotopic (exact) mass is 353 g/mol. The van der Waals surface area contributed by atoms with E-state index < -0.39 is 0 Å². The number of carbonyl (C=O) groups excluding carboxylic acids is 1. The van der Waals surface area contributed by atoms with Gasteiger partial charge in [0.05, 0.1) is 18.7 Å². The summed E-state index contributed by atoms with van der Waals surface area (Å²) in [6.07, 6.45) is 0.770. The maximum atomic E-state index is 12.7. The van der Waals surface area contributed by atoms with Gasteiger partial charge in [0, 0.05) is 22.8 Å². The maximum Gasteiger partial charge on any atom is 0.241 e. The van der Waals surface area contributed by atoms with Crippen LogP contribution in [0.1, 0.15) is 13.3 Å². The van der Waals surface area contributed by atoms with Gasteiger partial charge in [-0.25, -0.2) is 0 Å². The van der Waals surface area contributed by atoms with Crippen LogP contribution in [0.3, 0.4) is 0 Å². The van der Waals surface area contributed by atoms with E-state index in [1.807, 2.05) is 41.3 Å². The summed E-state index contributed by atoms with van der Waals surface area (Å²) in [5, 5.41) is 12.6. The molecule has 0 radical (unpaired) electrons. The zero-order valence-corrected chi connectivity index (χ0v) is 14.8. The van der Waals surface area contributed by atoms with Crippen LogP contribution in [-0.2, 0) is 4.79 Å². The van der Waals surface area contributed by atoms with E-state index in [9.17, 15) is 4.79 Å². The van der Waals surface area contributed by atoms with Crippen molar-refractivity contribution in [2.24, 2.45) is 5.92 Å². The molecule has 1 saturated heterocycles. The molecule has 2 aromatic carbocycles. The molecular formula is C20H20ClN3O. The molecule has 25 heavy (non-hydrogen) atoms. The first-order valence-electron chi connectivity index (χ1n) is 8.35. The number of carbonyl (C=O) groups is 1. The number of benzene rings is 2. The zero-order chi connectivity index (χ0) is 17.8. The number of nitrogens with one attached hydrogen (secondary N) is 1. The van der Waals surface area contributed by atoms with Gasteiger partial charge in [-0.3, -0.25) is 9.69 Å². The Hall–Kier alpha value is -2.35. The number of amides is 1. The molecule has 0 unspecified atom stereocenters. The van der Waals surface area contributed by atoms with Gasteiger partial charge in [0.2, 0.25) is 5.91 Å². The number of anilines is 1. The quantitative estimate of drug-likeness (QED) is 0.839. The predicted octanol–water partition coefficient (Wildman–Crippen LogP) is 4.18. The van der Waals surface area contributed by atoms with E-state index in [0.29, 0.717) is 16.6 Å². The first kappa shape index (κ1) is 17.5. The third-order valence-electron chi connectivity index (χ3n) is 4.51. The van der Waals surface area contributed by atoms with Gasteiger partial charge in [0.15, 0.2) is 0 Å². The van der Waals surface area contributed by atoms with Crippen molar-refractivity contribution >= 4 is 23.2 Å². The highest BCUT2D eigenvalue weighted by Crippen LogP contribution is 2.31. The molecule has 5 heteroatoms. The second-order valence-electron chi connectivity index (χ2n) is 6.49. The molecule has 1 aliphatic rings. The smallest absolute Gasteiger partial charge is 0.241 e. The van der Waals surface area contributed by atoms with Crippen LogP contribution < -0.4 is 5.32 Å². The lowest BCUT2D eigenvalue weighted by Gasteiger charge is -2.21. The number of hydrogen-bond acceptors (Lipinski definition) is 3. The van der Waals surface area contributed by atoms with Crippen molar-refractivity contribution < 1.29 is 4.79 Å². The van der Waals surface area contributed by atoms with Gasteiger partial charge in [0.1, 0.15) is 0 Å². The first-order chi connectivity index (χ1) is 12.1. The highest BCUT2D eigenvalue weighted by Gasteiger charge is 2.34. The van der Waals surface area contributed by atoms with Crippen molar-refractivity contribution in [3.63, 3.8) is 0 Å². The number of halogens is 1. The third kappa shape index (κ3) is 4.01. The van der Waals surface area contributed by atoms with Crippen molar-refractivity contribution in [3.05, 3.63) is 53.6 Å². The number of nitrogens with zero attached hydrogens (tertiary/aromatic N) is 2. The predicted molar refractivity (Wildman–Crippen MR) is 100 cm³/mol. The highest BCUT2D eigenvalue weighted by molar-refractivity contribution is 6.33. The molecule has 1 N–H and O–H groups in total. The first-order valence-corrected chi connectivity index (χ1v) is 8.73. The van der Waals surface area contributed by atoms with Crippen LogP contribution in [0.25, 0.3) is 11.1 Å². The highest BCUT2D eigenvalue weighted by atomic mass is 35.5. The molecule has 1 amide bonds. The van der Waals surface area contributed by atoms with Gasteiger partial charge in [-0.15, -0.1) is 0 Å². The molecule has 0 aromatic heterocycles. The van der Waals surface area contributed by atoms with Crippen LogP contribution in [0.15, 0.2) is 48.5 Å². The lowest BCUT2D eigenvalue weighted by Crippen LogP contribution is -2.39. The number of likely N-dealkylation sites (tertiary alicyclic amines) is 1. The molecule has 0 bridgehead atoms. The van der Waals surface area contributed by atoms with Gasteiger partial charge in [-0.05, 0) is 36.1 Å². The van der Waals surface area contributed by atoms with Gasteiger partial charge in [-0.2, -0.15) is 5.26 Å². The number of hydrogen-bond donors (Lipinski definition) is 1. The van der Waals surface area contributed by atoms with Crippen LogP contribution in [-0.4, -0.2) is 29.9 Å². The molecule has 2 aromatic rings. The van der Waals surface area contributed by atoms with Crippen LogP contribution in [0.4, 0.5) is 5.69 Å². The molecule has 1 heterocycles. The summed E-state index contributed by atoms with van der Waals surface area (Å²) in [5.74, 6) is 0.343. The van der Waals surface area contributed by atoms with Crippen molar-refractivity contribution in [2.45, 2.75) is 19.4 Å². The number of nitriles is 1. The summed E-state index contributed by atoms with van der Waals surface area (Å²) in [4.78, 5) is 14.6. The Morgan fingerprint density at radius 1 is 1.32 bits per heavy atom. The Balaban J connectivity index is 1.79. The molecule has 3 rings (SSSR count). The molecule has 128 valence electrons. The van der Waals surface area contributed by atoms with E-state index >= 15 is 0 Å². The molecular weight excluding hydrogens is 334 g/mol. The Kier molecular flexibility index (Phi) is 5.37. The summed E-state index contributed by atoms with van der Waals surface area (Å²) in [6.45, 7) is 3.16. The third-order valence-corrected chi connectivity index (χ3v) is 4.84. The van der Waals surface area contributed by atoms with Crippen LogP contribution in [0, 0.1) is 17.2 Å². The standard InChI is InChI=1S/C20H20ClN3O/c1-14-11-19(24(13-14)10-9-22)20(25)23-16-7-8-18(21)17(12-16)15-5-3-2-4-6-15/h2-8,12,14,19H,10-11,13H2,1H3,(H,23,25)/t14-,19-/m0/s1. The lowest BCUT2D eigenvalue weighted by molar-refractivity contribution is -0.120. The van der Waals surface area contributed by atoms with E-state index in [4.69, 9.17) is 16.9 Å². The fourth-order valence-corrected chi connectivity index (χ4v) is 3.56. The largest absolute Gasteiger partial charge is 0.325 e. The van der Waals surface area contributed by atoms with Gasteiger partial charge in [-0.1, -0.05) is 48.9 Å². The van der Waals surface area contributed by atoms with Crippen LogP contribution >= 0.6 is 11.6 Å². The second kappa shape index (κ2) is 7.69. The Labute approximate surface area is 153 Å². The summed E-state index contributed by atoms with van der Waals surface area (Å²) in [6, 6.07) is 17.2. The van der Waals surface area contributed by atoms with Crippen molar-refractivity contribution in [3.8, 4) is 17.2 Å². The summed E-state index contributed by atoms with van der Waals surface area (Å²) in [5.41, 5.74) is 2.60. The van der Waals surface area contributed by atoms with E-state index in [-0.39, 0.29) is 18.5 Å². The maximum absolute atomic E-state index is 12.7. The van der Waals surface area contributed by atoms with E-state index in [1.165, 1.54) is 0 Å². The lowest BCUT2D eigenvalue weighted by atomic mass is 10.0. The van der Waals surface area contributed by atoms with Crippen LogP contribution in [0.5, 0.6) is 0 Å². The minimum atomic E-state index is -0.259. The molecule has 0 aliphatic carbocycles. The molecule has 4 nitrogen and oxygen atoms in total. The van der Waals surface area contributed by atoms with E-state index in [1.54, 1.807) is 12.1 Å². The van der Waals surface area contributed by atoms with Crippen molar-refractivity contribution in [2.75, 3.05) is 18.4 Å². The Bertz CT molecular complexity index is 800. The van der Waals surface area contributed by atoms with E-state index in [0.717, 1.165) is 24.1 Å². The van der Waals surface area contributed by atoms with E-state index in [2.05, 4.69) is 18.3 Å². The van der Waals surface area contributed by atoms with Gasteiger partial charge >= 0.3 is 0 Å². The molecule has 0 spiro atoms. The average molecular weight is 354 g/mol. The fraction of sp³-hybridized carbons (Fsp3) is 0.300. The normalized spacial score (nSPS) is 20.2. The summed E-state index contributed by atoms with van der Waals surface area (Å²) in [7, 11) is 0. The van der Waals surface area contributed by atoms with Crippen LogP contribution in [0.2, 0.25) is 5.02 Å². The minimum Gasteiger partial charge on any atom is -0.325 e. The Morgan fingerprint density at radius 2 is 2.08 bits per heavy atom. The van der Waals surface area contributed by atoms with Gasteiger partial charge < -0.3 is 5.32 Å². The average Bonchev–Trinajstić information content (AvgIpc) is 2.98.